The van der Waals surface area contributed by atoms with Crippen molar-refractivity contribution in [3.05, 3.63) is 35.4 Å². The molecule has 128 valence electrons. The van der Waals surface area contributed by atoms with Gasteiger partial charge in [0.1, 0.15) is 17.8 Å². The van der Waals surface area contributed by atoms with Crippen LogP contribution in [0.2, 0.25) is 0 Å². The molecule has 2 bridgehead atoms. The van der Waals surface area contributed by atoms with E-state index in [9.17, 15) is 15.3 Å². The summed E-state index contributed by atoms with van der Waals surface area (Å²) in [7, 11) is 0. The molecular formula is C19H23NO4. The Bertz CT molecular complexity index is 747. The molecule has 0 radical (unpaired) electrons. The average molecular weight is 329 g/mol. The Hall–Kier alpha value is -1.56. The number of hydrogen-bond acceptors (Lipinski definition) is 5. The van der Waals surface area contributed by atoms with Crippen LogP contribution in [0, 0.1) is 0 Å². The molecule has 0 amide bonds. The number of ether oxygens (including phenoxy) is 1. The predicted octanol–water partition coefficient (Wildman–Crippen LogP) is 1.09. The van der Waals surface area contributed by atoms with Gasteiger partial charge in [-0.05, 0) is 44.0 Å². The molecule has 1 aromatic rings. The van der Waals surface area contributed by atoms with Crippen molar-refractivity contribution in [1.29, 1.82) is 0 Å². The molecule has 2 heterocycles. The molecule has 0 unspecified atom stereocenters. The molecular weight excluding hydrogens is 306 g/mol. The molecule has 5 nitrogen and oxygen atoms in total. The van der Waals surface area contributed by atoms with E-state index in [1.165, 1.54) is 0 Å². The summed E-state index contributed by atoms with van der Waals surface area (Å²) in [5, 5.41) is 32.7. The first-order valence-corrected chi connectivity index (χ1v) is 8.89. The first-order chi connectivity index (χ1) is 11.5. The van der Waals surface area contributed by atoms with E-state index < -0.39 is 23.2 Å². The molecule has 24 heavy (non-hydrogen) atoms. The molecule has 1 fully saturated rings. The molecule has 2 aliphatic heterocycles. The van der Waals surface area contributed by atoms with Gasteiger partial charge in [0.2, 0.25) is 0 Å². The summed E-state index contributed by atoms with van der Waals surface area (Å²) in [6.45, 7) is 3.98. The molecule has 1 spiro atoms. The number of nitrogens with zero attached hydrogens (tertiary/aromatic N) is 1. The normalized spacial score (nSPS) is 41.9. The van der Waals surface area contributed by atoms with Crippen LogP contribution in [-0.2, 0) is 11.8 Å². The van der Waals surface area contributed by atoms with Crippen molar-refractivity contribution in [3.63, 3.8) is 0 Å². The number of rotatable bonds is 2. The van der Waals surface area contributed by atoms with E-state index in [0.29, 0.717) is 5.75 Å². The van der Waals surface area contributed by atoms with Crippen molar-refractivity contribution >= 4 is 0 Å². The van der Waals surface area contributed by atoms with Crippen LogP contribution in [0.25, 0.3) is 0 Å². The van der Waals surface area contributed by atoms with Gasteiger partial charge < -0.3 is 20.1 Å². The fourth-order valence-electron chi connectivity index (χ4n) is 5.72. The zero-order chi connectivity index (χ0) is 16.7. The van der Waals surface area contributed by atoms with Crippen LogP contribution in [0.3, 0.4) is 0 Å². The fourth-order valence-corrected chi connectivity index (χ4v) is 5.72. The lowest BCUT2D eigenvalue weighted by molar-refractivity contribution is -0.156. The second-order valence-corrected chi connectivity index (χ2v) is 7.64. The van der Waals surface area contributed by atoms with Gasteiger partial charge in [0.05, 0.1) is 5.41 Å². The monoisotopic (exact) mass is 329 g/mol. The highest BCUT2D eigenvalue weighted by Crippen LogP contribution is 2.63. The molecule has 5 rings (SSSR count). The highest BCUT2D eigenvalue weighted by Gasteiger charge is 2.71. The van der Waals surface area contributed by atoms with Crippen LogP contribution < -0.4 is 4.74 Å². The van der Waals surface area contributed by atoms with Crippen molar-refractivity contribution in [1.82, 2.24) is 4.90 Å². The maximum absolute atomic E-state index is 11.8. The standard InChI is InChI=1S/C19H23NO4/c1-2-8-20-9-7-18-15-11-3-4-12(21)16(15)24-17(18)13(22)5-6-19(18,23)14(20)10-11/h3-6,13-14,17,21-23H,2,7-10H2,1H3/t13-,14+,17-,18-,19+/m0/s1. The topological polar surface area (TPSA) is 73.2 Å². The second-order valence-electron chi connectivity index (χ2n) is 7.64. The molecule has 0 saturated carbocycles. The zero-order valence-corrected chi connectivity index (χ0v) is 13.8. The van der Waals surface area contributed by atoms with Crippen LogP contribution in [0.4, 0.5) is 0 Å². The number of aromatic hydroxyl groups is 1. The van der Waals surface area contributed by atoms with Crippen LogP contribution in [0.5, 0.6) is 11.5 Å². The molecule has 0 aromatic heterocycles. The Morgan fingerprint density at radius 1 is 1.38 bits per heavy atom. The lowest BCUT2D eigenvalue weighted by Crippen LogP contribution is -2.75. The number of aliphatic hydroxyl groups excluding tert-OH is 1. The van der Waals surface area contributed by atoms with E-state index in [2.05, 4.69) is 11.8 Å². The number of likely N-dealkylation sites (tertiary alicyclic amines) is 1. The Labute approximate surface area is 141 Å². The van der Waals surface area contributed by atoms with Crippen molar-refractivity contribution in [2.24, 2.45) is 0 Å². The Balaban J connectivity index is 1.80. The summed E-state index contributed by atoms with van der Waals surface area (Å²) in [4.78, 5) is 2.37. The number of piperidine rings is 1. The van der Waals surface area contributed by atoms with E-state index in [4.69, 9.17) is 4.74 Å². The number of phenolic OH excluding ortho intramolecular Hbond substituents is 1. The largest absolute Gasteiger partial charge is 0.504 e. The number of aliphatic hydroxyl groups is 2. The smallest absolute Gasteiger partial charge is 0.165 e. The minimum Gasteiger partial charge on any atom is -0.504 e. The van der Waals surface area contributed by atoms with Crippen molar-refractivity contribution in [2.75, 3.05) is 13.1 Å². The van der Waals surface area contributed by atoms with Gasteiger partial charge >= 0.3 is 0 Å². The number of phenols is 1. The van der Waals surface area contributed by atoms with Crippen LogP contribution in [-0.4, -0.2) is 57.2 Å². The summed E-state index contributed by atoms with van der Waals surface area (Å²) in [6.07, 6.45) is 4.64. The Kier molecular flexibility index (Phi) is 2.79. The maximum atomic E-state index is 11.8. The molecule has 3 N–H and O–H groups in total. The van der Waals surface area contributed by atoms with E-state index in [-0.39, 0.29) is 11.8 Å². The van der Waals surface area contributed by atoms with Gasteiger partial charge in [0.15, 0.2) is 11.5 Å². The van der Waals surface area contributed by atoms with Crippen LogP contribution in [0.15, 0.2) is 24.3 Å². The molecule has 5 heteroatoms. The zero-order valence-electron chi connectivity index (χ0n) is 13.8. The molecule has 2 aliphatic carbocycles. The molecule has 1 saturated heterocycles. The molecule has 4 aliphatic rings. The van der Waals surface area contributed by atoms with E-state index in [0.717, 1.165) is 43.5 Å². The lowest BCUT2D eigenvalue weighted by Gasteiger charge is -2.61. The average Bonchev–Trinajstić information content (AvgIpc) is 2.91. The summed E-state index contributed by atoms with van der Waals surface area (Å²) >= 11 is 0. The first-order valence-electron chi connectivity index (χ1n) is 8.89. The second kappa shape index (κ2) is 4.54. The van der Waals surface area contributed by atoms with Crippen molar-refractivity contribution in [2.45, 2.75) is 55.5 Å². The summed E-state index contributed by atoms with van der Waals surface area (Å²) in [5.41, 5.74) is 0.308. The van der Waals surface area contributed by atoms with Crippen LogP contribution in [0.1, 0.15) is 30.9 Å². The van der Waals surface area contributed by atoms with Gasteiger partial charge in [-0.1, -0.05) is 25.1 Å². The van der Waals surface area contributed by atoms with Crippen molar-refractivity contribution in [3.8, 4) is 11.5 Å². The van der Waals surface area contributed by atoms with Gasteiger partial charge in [-0.3, -0.25) is 4.90 Å². The third-order valence-electron chi connectivity index (χ3n) is 6.64. The lowest BCUT2D eigenvalue weighted by atomic mass is 9.50. The first kappa shape index (κ1) is 14.8. The third-order valence-corrected chi connectivity index (χ3v) is 6.64. The number of hydrogen-bond donors (Lipinski definition) is 3. The quantitative estimate of drug-likeness (QED) is 0.709. The summed E-state index contributed by atoms with van der Waals surface area (Å²) < 4.78 is 6.05. The molecule has 5 atom stereocenters. The van der Waals surface area contributed by atoms with Gasteiger partial charge in [0, 0.05) is 11.6 Å². The highest BCUT2D eigenvalue weighted by molar-refractivity contribution is 5.63. The highest BCUT2D eigenvalue weighted by atomic mass is 16.5. The van der Waals surface area contributed by atoms with Gasteiger partial charge in [-0.15, -0.1) is 0 Å². The van der Waals surface area contributed by atoms with E-state index in [1.807, 2.05) is 6.07 Å². The van der Waals surface area contributed by atoms with E-state index in [1.54, 1.807) is 18.2 Å². The number of benzene rings is 1. The van der Waals surface area contributed by atoms with E-state index >= 15 is 0 Å². The summed E-state index contributed by atoms with van der Waals surface area (Å²) in [5.74, 6) is 0.558. The minimum absolute atomic E-state index is 0.0240. The van der Waals surface area contributed by atoms with Gasteiger partial charge in [-0.25, -0.2) is 0 Å². The van der Waals surface area contributed by atoms with Gasteiger partial charge in [-0.2, -0.15) is 0 Å². The predicted molar refractivity (Wildman–Crippen MR) is 88.3 cm³/mol. The Morgan fingerprint density at radius 2 is 2.21 bits per heavy atom. The SMILES string of the molecule is CCCN1CC[C@]23c4c5ccc(O)c4O[C@H]2[C@@H](O)C=C[C@@]3(O)[C@H]1C5. The Morgan fingerprint density at radius 3 is 3.00 bits per heavy atom. The fraction of sp³-hybridized carbons (Fsp3) is 0.579. The minimum atomic E-state index is -1.07. The van der Waals surface area contributed by atoms with Crippen molar-refractivity contribution < 1.29 is 20.1 Å². The maximum Gasteiger partial charge on any atom is 0.165 e. The molecule has 1 aromatic carbocycles. The van der Waals surface area contributed by atoms with Gasteiger partial charge in [0.25, 0.3) is 0 Å². The van der Waals surface area contributed by atoms with Crippen LogP contribution >= 0.6 is 0 Å². The summed E-state index contributed by atoms with van der Waals surface area (Å²) in [6, 6.07) is 3.60. The third kappa shape index (κ3) is 1.43.